The molecule has 0 unspecified atom stereocenters. The maximum Gasteiger partial charge on any atom is 0.282 e. The first-order valence-electron chi connectivity index (χ1n) is 8.43. The highest BCUT2D eigenvalue weighted by molar-refractivity contribution is 9.11. The first-order chi connectivity index (χ1) is 13.5. The zero-order valence-electron chi connectivity index (χ0n) is 14.4. The number of benzene rings is 3. The predicted octanol–water partition coefficient (Wildman–Crippen LogP) is 6.81. The first-order valence-corrected chi connectivity index (χ1v) is 10.8. The van der Waals surface area contributed by atoms with E-state index < -0.39 is 0 Å². The van der Waals surface area contributed by atoms with Crippen LogP contribution in [0.2, 0.25) is 0 Å². The third-order valence-corrected chi connectivity index (χ3v) is 5.75. The van der Waals surface area contributed by atoms with Gasteiger partial charge in [0.1, 0.15) is 11.5 Å². The Kier molecular flexibility index (Phi) is 5.62. The smallest absolute Gasteiger partial charge is 0.266 e. The molecule has 6 heteroatoms. The van der Waals surface area contributed by atoms with Gasteiger partial charge in [-0.2, -0.15) is 0 Å². The summed E-state index contributed by atoms with van der Waals surface area (Å²) in [5.41, 5.74) is 2.96. The largest absolute Gasteiger partial charge is 0.282 e. The molecule has 0 aromatic heterocycles. The van der Waals surface area contributed by atoms with E-state index in [1.54, 1.807) is 4.90 Å². The van der Waals surface area contributed by atoms with Gasteiger partial charge < -0.3 is 0 Å². The van der Waals surface area contributed by atoms with Gasteiger partial charge in [0.05, 0.1) is 5.69 Å². The van der Waals surface area contributed by atoms with Gasteiger partial charge in [-0.15, -0.1) is 0 Å². The van der Waals surface area contributed by atoms with Crippen molar-refractivity contribution in [2.24, 2.45) is 4.99 Å². The van der Waals surface area contributed by atoms with E-state index in [9.17, 15) is 4.79 Å². The van der Waals surface area contributed by atoms with Crippen LogP contribution in [0.15, 0.2) is 96.9 Å². The van der Waals surface area contributed by atoms with Crippen molar-refractivity contribution in [1.82, 2.24) is 0 Å². The Bertz CT molecular complexity index is 1100. The standard InChI is InChI=1S/C22H13Br3N2O/c23-16-8-4-14(5-9-16)12-20-22(28)27(19-3-1-2-18(25)13-19)21(26-20)15-6-10-17(24)11-7-15/h1-13H/b20-12+. The van der Waals surface area contributed by atoms with E-state index in [2.05, 4.69) is 52.8 Å². The minimum Gasteiger partial charge on any atom is -0.266 e. The molecule has 1 aliphatic heterocycles. The molecule has 0 atom stereocenters. The van der Waals surface area contributed by atoms with Gasteiger partial charge in [-0.05, 0) is 54.1 Å². The highest BCUT2D eigenvalue weighted by Crippen LogP contribution is 2.30. The molecular weight excluding hydrogens is 548 g/mol. The van der Waals surface area contributed by atoms with E-state index in [0.717, 1.165) is 30.2 Å². The molecule has 3 aromatic carbocycles. The molecule has 1 heterocycles. The lowest BCUT2D eigenvalue weighted by Crippen LogP contribution is -2.32. The number of carbonyl (C=O) groups is 1. The second kappa shape index (κ2) is 8.15. The van der Waals surface area contributed by atoms with E-state index in [1.165, 1.54) is 0 Å². The lowest BCUT2D eigenvalue weighted by Gasteiger charge is -2.19. The van der Waals surface area contributed by atoms with Crippen LogP contribution in [0.5, 0.6) is 0 Å². The topological polar surface area (TPSA) is 32.7 Å². The normalized spacial score (nSPS) is 15.2. The molecule has 138 valence electrons. The zero-order valence-corrected chi connectivity index (χ0v) is 19.2. The quantitative estimate of drug-likeness (QED) is 0.324. The summed E-state index contributed by atoms with van der Waals surface area (Å²) < 4.78 is 2.86. The van der Waals surface area contributed by atoms with Crippen LogP contribution in [-0.4, -0.2) is 11.7 Å². The number of anilines is 1. The lowest BCUT2D eigenvalue weighted by molar-refractivity contribution is -0.113. The molecule has 0 bridgehead atoms. The number of amides is 1. The molecule has 4 rings (SSSR count). The van der Waals surface area contributed by atoms with Crippen molar-refractivity contribution in [1.29, 1.82) is 0 Å². The molecule has 28 heavy (non-hydrogen) atoms. The highest BCUT2D eigenvalue weighted by Gasteiger charge is 2.32. The van der Waals surface area contributed by atoms with Gasteiger partial charge >= 0.3 is 0 Å². The summed E-state index contributed by atoms with van der Waals surface area (Å²) >= 11 is 10.4. The number of hydrogen-bond donors (Lipinski definition) is 0. The number of rotatable bonds is 3. The van der Waals surface area contributed by atoms with Gasteiger partial charge in [-0.3, -0.25) is 9.69 Å². The molecule has 0 radical (unpaired) electrons. The lowest BCUT2D eigenvalue weighted by atomic mass is 10.1. The van der Waals surface area contributed by atoms with E-state index in [4.69, 9.17) is 0 Å². The Labute approximate surface area is 188 Å². The maximum atomic E-state index is 13.2. The van der Waals surface area contributed by atoms with Crippen molar-refractivity contribution in [3.05, 3.63) is 103 Å². The second-order valence-corrected chi connectivity index (χ2v) is 8.89. The van der Waals surface area contributed by atoms with E-state index in [-0.39, 0.29) is 5.91 Å². The Hall–Kier alpha value is -2.02. The van der Waals surface area contributed by atoms with Crippen molar-refractivity contribution in [2.45, 2.75) is 0 Å². The Morgan fingerprint density at radius 1 is 0.786 bits per heavy atom. The van der Waals surface area contributed by atoms with Gasteiger partial charge in [-0.1, -0.05) is 78.1 Å². The summed E-state index contributed by atoms with van der Waals surface area (Å²) in [7, 11) is 0. The van der Waals surface area contributed by atoms with Crippen molar-refractivity contribution >= 4 is 71.3 Å². The van der Waals surface area contributed by atoms with E-state index in [0.29, 0.717) is 11.5 Å². The monoisotopic (exact) mass is 558 g/mol. The number of hydrogen-bond acceptors (Lipinski definition) is 2. The molecule has 3 aromatic rings. The van der Waals surface area contributed by atoms with Crippen molar-refractivity contribution in [3.8, 4) is 0 Å². The summed E-state index contributed by atoms with van der Waals surface area (Å²) in [6.45, 7) is 0. The van der Waals surface area contributed by atoms with E-state index >= 15 is 0 Å². The van der Waals surface area contributed by atoms with Crippen molar-refractivity contribution in [2.75, 3.05) is 4.90 Å². The van der Waals surface area contributed by atoms with Gasteiger partial charge in [-0.25, -0.2) is 4.99 Å². The summed E-state index contributed by atoms with van der Waals surface area (Å²) in [4.78, 5) is 19.6. The minimum atomic E-state index is -0.154. The summed E-state index contributed by atoms with van der Waals surface area (Å²) in [6.07, 6.45) is 1.81. The fourth-order valence-corrected chi connectivity index (χ4v) is 3.80. The first kappa shape index (κ1) is 19.3. The summed E-state index contributed by atoms with van der Waals surface area (Å²) in [5, 5.41) is 0. The van der Waals surface area contributed by atoms with Crippen molar-refractivity contribution in [3.63, 3.8) is 0 Å². The van der Waals surface area contributed by atoms with Crippen LogP contribution in [0.4, 0.5) is 5.69 Å². The molecule has 0 saturated carbocycles. The number of halogens is 3. The fourth-order valence-electron chi connectivity index (χ4n) is 2.88. The number of aliphatic imine (C=N–C) groups is 1. The molecule has 1 aliphatic rings. The molecule has 1 amide bonds. The SMILES string of the molecule is O=C1/C(=C\c2ccc(Br)cc2)N=C(c2ccc(Br)cc2)N1c1cccc(Br)c1. The summed E-state index contributed by atoms with van der Waals surface area (Å²) in [6, 6.07) is 23.2. The van der Waals surface area contributed by atoms with Gasteiger partial charge in [0.2, 0.25) is 0 Å². The Morgan fingerprint density at radius 2 is 1.43 bits per heavy atom. The Balaban J connectivity index is 1.82. The van der Waals surface area contributed by atoms with Gasteiger partial charge in [0.25, 0.3) is 5.91 Å². The number of nitrogens with zero attached hydrogens (tertiary/aromatic N) is 2. The van der Waals surface area contributed by atoms with Crippen LogP contribution in [0.3, 0.4) is 0 Å². The van der Waals surface area contributed by atoms with Crippen LogP contribution in [0.1, 0.15) is 11.1 Å². The average molecular weight is 561 g/mol. The van der Waals surface area contributed by atoms with Crippen LogP contribution in [0.25, 0.3) is 6.08 Å². The Morgan fingerprint density at radius 3 is 2.07 bits per heavy atom. The number of carbonyl (C=O) groups excluding carboxylic acids is 1. The van der Waals surface area contributed by atoms with Gasteiger partial charge in [0.15, 0.2) is 0 Å². The predicted molar refractivity (Wildman–Crippen MR) is 124 cm³/mol. The molecular formula is C22H13Br3N2O. The van der Waals surface area contributed by atoms with Crippen molar-refractivity contribution < 1.29 is 4.79 Å². The second-order valence-electron chi connectivity index (χ2n) is 6.14. The van der Waals surface area contributed by atoms with Crippen LogP contribution < -0.4 is 4.90 Å². The minimum absolute atomic E-state index is 0.154. The molecule has 0 spiro atoms. The zero-order chi connectivity index (χ0) is 19.7. The third kappa shape index (κ3) is 4.04. The molecule has 0 saturated heterocycles. The maximum absolute atomic E-state index is 13.2. The summed E-state index contributed by atoms with van der Waals surface area (Å²) in [5.74, 6) is 0.456. The molecule has 0 aliphatic carbocycles. The number of amidine groups is 1. The fraction of sp³-hybridized carbons (Fsp3) is 0. The van der Waals surface area contributed by atoms with Crippen LogP contribution in [0, 0.1) is 0 Å². The highest BCUT2D eigenvalue weighted by atomic mass is 79.9. The van der Waals surface area contributed by atoms with Crippen LogP contribution >= 0.6 is 47.8 Å². The molecule has 0 fully saturated rings. The third-order valence-electron chi connectivity index (χ3n) is 4.20. The van der Waals surface area contributed by atoms with Crippen LogP contribution in [-0.2, 0) is 4.79 Å². The molecule has 0 N–H and O–H groups in total. The average Bonchev–Trinajstić information content (AvgIpc) is 3.00. The van der Waals surface area contributed by atoms with E-state index in [1.807, 2.05) is 78.9 Å². The van der Waals surface area contributed by atoms with Gasteiger partial charge in [0, 0.05) is 19.0 Å². The molecule has 3 nitrogen and oxygen atoms in total.